The van der Waals surface area contributed by atoms with Gasteiger partial charge in [0, 0.05) is 37.8 Å². The van der Waals surface area contributed by atoms with Gasteiger partial charge in [-0.05, 0) is 24.5 Å². The van der Waals surface area contributed by atoms with E-state index in [-0.39, 0.29) is 16.5 Å². The van der Waals surface area contributed by atoms with Crippen LogP contribution >= 0.6 is 11.6 Å². The van der Waals surface area contributed by atoms with Crippen molar-refractivity contribution >= 4 is 11.6 Å². The van der Waals surface area contributed by atoms with Gasteiger partial charge in [0.2, 0.25) is 0 Å². The molecule has 0 aromatic heterocycles. The first-order valence-electron chi connectivity index (χ1n) is 8.27. The van der Waals surface area contributed by atoms with Crippen LogP contribution in [0.15, 0.2) is 12.1 Å². The lowest BCUT2D eigenvalue weighted by molar-refractivity contribution is -0.139. The number of hydrogen-bond donors (Lipinski definition) is 1. The normalized spacial score (nSPS) is 19.3. The lowest BCUT2D eigenvalue weighted by Crippen LogP contribution is -2.47. The van der Waals surface area contributed by atoms with Crippen molar-refractivity contribution in [2.75, 3.05) is 26.2 Å². The van der Waals surface area contributed by atoms with Crippen LogP contribution in [0.5, 0.6) is 0 Å². The summed E-state index contributed by atoms with van der Waals surface area (Å²) in [6, 6.07) is 1.25. The molecule has 0 spiro atoms. The van der Waals surface area contributed by atoms with Crippen LogP contribution in [-0.2, 0) is 6.18 Å². The Morgan fingerprint density at radius 3 is 2.42 bits per heavy atom. The van der Waals surface area contributed by atoms with Gasteiger partial charge in [0.05, 0.1) is 10.6 Å². The van der Waals surface area contributed by atoms with E-state index in [4.69, 9.17) is 11.6 Å². The highest BCUT2D eigenvalue weighted by Crippen LogP contribution is 2.43. The molecule has 2 nitrogen and oxygen atoms in total. The van der Waals surface area contributed by atoms with Crippen LogP contribution in [0.1, 0.15) is 43.9 Å². The Morgan fingerprint density at radius 2 is 1.88 bits per heavy atom. The number of nitrogens with one attached hydrogen (secondary N) is 1. The van der Waals surface area contributed by atoms with Gasteiger partial charge in [-0.25, -0.2) is 4.39 Å². The second-order valence-electron chi connectivity index (χ2n) is 6.32. The Balaban J connectivity index is 2.57. The topological polar surface area (TPSA) is 15.3 Å². The highest BCUT2D eigenvalue weighted by molar-refractivity contribution is 6.30. The summed E-state index contributed by atoms with van der Waals surface area (Å²) in [4.78, 5) is 1.95. The molecule has 7 heteroatoms. The third kappa shape index (κ3) is 4.21. The number of alkyl halides is 3. The second kappa shape index (κ2) is 8.02. The van der Waals surface area contributed by atoms with Gasteiger partial charge in [0.25, 0.3) is 0 Å². The van der Waals surface area contributed by atoms with Crippen molar-refractivity contribution < 1.29 is 17.6 Å². The summed E-state index contributed by atoms with van der Waals surface area (Å²) in [6.45, 7) is 6.39. The number of benzene rings is 1. The summed E-state index contributed by atoms with van der Waals surface area (Å²) >= 11 is 5.83. The summed E-state index contributed by atoms with van der Waals surface area (Å²) in [5.41, 5.74) is -1.23. The first-order valence-corrected chi connectivity index (χ1v) is 8.65. The highest BCUT2D eigenvalue weighted by Gasteiger charge is 2.40. The van der Waals surface area contributed by atoms with E-state index in [0.29, 0.717) is 26.2 Å². The molecule has 1 heterocycles. The Morgan fingerprint density at radius 1 is 1.25 bits per heavy atom. The predicted octanol–water partition coefficient (Wildman–Crippen LogP) is 4.88. The monoisotopic (exact) mass is 366 g/mol. The first-order chi connectivity index (χ1) is 11.3. The maximum Gasteiger partial charge on any atom is 0.416 e. The molecule has 0 aliphatic carbocycles. The number of halogens is 5. The first kappa shape index (κ1) is 19.5. The van der Waals surface area contributed by atoms with Gasteiger partial charge in [-0.15, -0.1) is 0 Å². The van der Waals surface area contributed by atoms with Crippen LogP contribution in [0.2, 0.25) is 5.02 Å². The van der Waals surface area contributed by atoms with Crippen LogP contribution in [-0.4, -0.2) is 31.1 Å². The molecule has 1 aromatic carbocycles. The van der Waals surface area contributed by atoms with Gasteiger partial charge in [0.15, 0.2) is 0 Å². The van der Waals surface area contributed by atoms with Gasteiger partial charge in [0.1, 0.15) is 5.82 Å². The summed E-state index contributed by atoms with van der Waals surface area (Å²) in [5.74, 6) is -1.06. The standard InChI is InChI=1S/C17H23ClF4N2/c1-3-4-11(2)16(24-9-7-23-8-10-24)14-12(17(20,21)22)5-6-13(18)15(14)19/h5-6,11,16,23H,3-4,7-10H2,1-2H3/t11?,16-/m0/s1. The van der Waals surface area contributed by atoms with Crippen molar-refractivity contribution in [1.82, 2.24) is 10.2 Å². The molecule has 0 bridgehead atoms. The van der Waals surface area contributed by atoms with Crippen molar-refractivity contribution in [2.45, 2.75) is 38.9 Å². The molecule has 0 amide bonds. The van der Waals surface area contributed by atoms with Crippen molar-refractivity contribution in [3.8, 4) is 0 Å². The fraction of sp³-hybridized carbons (Fsp3) is 0.647. The minimum absolute atomic E-state index is 0.109. The number of nitrogens with zero attached hydrogens (tertiary/aromatic N) is 1. The fourth-order valence-corrected chi connectivity index (χ4v) is 3.67. The molecule has 1 aliphatic rings. The van der Waals surface area contributed by atoms with Crippen molar-refractivity contribution in [3.05, 3.63) is 34.1 Å². The second-order valence-corrected chi connectivity index (χ2v) is 6.72. The Hall–Kier alpha value is -0.850. The Bertz CT molecular complexity index is 556. The van der Waals surface area contributed by atoms with E-state index in [1.54, 1.807) is 0 Å². The summed E-state index contributed by atoms with van der Waals surface area (Å²) in [5, 5.41) is 2.92. The molecule has 1 saturated heterocycles. The summed E-state index contributed by atoms with van der Waals surface area (Å²) in [7, 11) is 0. The molecule has 136 valence electrons. The molecule has 0 saturated carbocycles. The quantitative estimate of drug-likeness (QED) is 0.747. The predicted molar refractivity (Wildman–Crippen MR) is 87.7 cm³/mol. The minimum Gasteiger partial charge on any atom is -0.314 e. The molecular formula is C17H23ClF4N2. The van der Waals surface area contributed by atoms with E-state index in [0.717, 1.165) is 25.0 Å². The van der Waals surface area contributed by atoms with Gasteiger partial charge in [-0.1, -0.05) is 31.9 Å². The third-order valence-electron chi connectivity index (χ3n) is 4.56. The maximum absolute atomic E-state index is 14.7. The van der Waals surface area contributed by atoms with E-state index in [9.17, 15) is 17.6 Å². The zero-order valence-electron chi connectivity index (χ0n) is 13.9. The van der Waals surface area contributed by atoms with Crippen LogP contribution < -0.4 is 5.32 Å². The van der Waals surface area contributed by atoms with Crippen molar-refractivity contribution in [1.29, 1.82) is 0 Å². The number of piperazine rings is 1. The largest absolute Gasteiger partial charge is 0.416 e. The van der Waals surface area contributed by atoms with E-state index < -0.39 is 23.6 Å². The highest BCUT2D eigenvalue weighted by atomic mass is 35.5. The molecule has 1 unspecified atom stereocenters. The lowest BCUT2D eigenvalue weighted by Gasteiger charge is -2.39. The zero-order valence-corrected chi connectivity index (χ0v) is 14.6. The van der Waals surface area contributed by atoms with Gasteiger partial charge >= 0.3 is 6.18 Å². The minimum atomic E-state index is -4.61. The van der Waals surface area contributed by atoms with Crippen LogP contribution in [0.3, 0.4) is 0 Å². The van der Waals surface area contributed by atoms with Crippen LogP contribution in [0.4, 0.5) is 17.6 Å². The molecule has 24 heavy (non-hydrogen) atoms. The molecule has 1 N–H and O–H groups in total. The average Bonchev–Trinajstić information content (AvgIpc) is 2.52. The van der Waals surface area contributed by atoms with E-state index in [2.05, 4.69) is 5.32 Å². The molecule has 1 fully saturated rings. The molecule has 0 radical (unpaired) electrons. The van der Waals surface area contributed by atoms with Crippen LogP contribution in [0, 0.1) is 11.7 Å². The Kier molecular flexibility index (Phi) is 6.51. The molecule has 1 aromatic rings. The fourth-order valence-electron chi connectivity index (χ4n) is 3.50. The van der Waals surface area contributed by atoms with Gasteiger partial charge in [-0.3, -0.25) is 4.90 Å². The van der Waals surface area contributed by atoms with Crippen LogP contribution in [0.25, 0.3) is 0 Å². The lowest BCUT2D eigenvalue weighted by atomic mass is 9.86. The summed E-state index contributed by atoms with van der Waals surface area (Å²) in [6.07, 6.45) is -3.07. The Labute approximate surface area is 145 Å². The molecular weight excluding hydrogens is 344 g/mol. The molecule has 2 atom stereocenters. The van der Waals surface area contributed by atoms with E-state index in [1.807, 2.05) is 18.7 Å². The number of hydrogen-bond acceptors (Lipinski definition) is 2. The maximum atomic E-state index is 14.7. The zero-order chi connectivity index (χ0) is 17.9. The average molecular weight is 367 g/mol. The molecule has 1 aliphatic heterocycles. The molecule has 2 rings (SSSR count). The van der Waals surface area contributed by atoms with Gasteiger partial charge in [-0.2, -0.15) is 13.2 Å². The third-order valence-corrected chi connectivity index (χ3v) is 4.85. The van der Waals surface area contributed by atoms with Crippen molar-refractivity contribution in [3.63, 3.8) is 0 Å². The van der Waals surface area contributed by atoms with Gasteiger partial charge < -0.3 is 5.32 Å². The smallest absolute Gasteiger partial charge is 0.314 e. The van der Waals surface area contributed by atoms with E-state index in [1.165, 1.54) is 0 Å². The van der Waals surface area contributed by atoms with E-state index >= 15 is 0 Å². The SMILES string of the molecule is CCCC(C)[C@@H](c1c(C(F)(F)F)ccc(Cl)c1F)N1CCNCC1. The summed E-state index contributed by atoms with van der Waals surface area (Å²) < 4.78 is 55.2. The number of rotatable bonds is 5. The van der Waals surface area contributed by atoms with Crippen molar-refractivity contribution in [2.24, 2.45) is 5.92 Å².